The van der Waals surface area contributed by atoms with E-state index in [0.29, 0.717) is 35.3 Å². The number of benzene rings is 2. The Morgan fingerprint density at radius 1 is 1.10 bits per heavy atom. The standard InChI is InChI=1S/C22H23NO7/c1-3-10-27-17-7-4-15(11-19(17)26-2)5-9-22(25)28-13-21(24)23-16-6-8-18-20(12-16)30-14-29-18/h4-9,11-12H,3,10,13-14H2,1-2H3,(H,23,24)/b9-5+. The van der Waals surface area contributed by atoms with Crippen LogP contribution in [0.2, 0.25) is 0 Å². The second-order valence-electron chi connectivity index (χ2n) is 6.32. The zero-order valence-corrected chi connectivity index (χ0v) is 16.8. The summed E-state index contributed by atoms with van der Waals surface area (Å²) < 4.78 is 26.3. The van der Waals surface area contributed by atoms with Crippen molar-refractivity contribution in [2.45, 2.75) is 13.3 Å². The number of fused-ring (bicyclic) bond motifs is 1. The molecule has 0 atom stereocenters. The first-order valence-corrected chi connectivity index (χ1v) is 9.44. The summed E-state index contributed by atoms with van der Waals surface area (Å²) in [7, 11) is 1.55. The molecule has 2 aromatic carbocycles. The molecule has 0 saturated heterocycles. The van der Waals surface area contributed by atoms with Gasteiger partial charge in [-0.1, -0.05) is 13.0 Å². The molecule has 1 amide bonds. The molecule has 30 heavy (non-hydrogen) atoms. The van der Waals surface area contributed by atoms with Gasteiger partial charge < -0.3 is 29.0 Å². The minimum absolute atomic E-state index is 0.150. The molecule has 0 unspecified atom stereocenters. The van der Waals surface area contributed by atoms with Crippen molar-refractivity contribution < 1.29 is 33.3 Å². The zero-order valence-electron chi connectivity index (χ0n) is 16.8. The topological polar surface area (TPSA) is 92.3 Å². The lowest BCUT2D eigenvalue weighted by Gasteiger charge is -2.10. The number of carbonyl (C=O) groups is 2. The zero-order chi connectivity index (χ0) is 21.3. The van der Waals surface area contributed by atoms with Gasteiger partial charge in [0.2, 0.25) is 6.79 Å². The van der Waals surface area contributed by atoms with Crippen molar-refractivity contribution in [1.82, 2.24) is 0 Å². The first kappa shape index (κ1) is 21.0. The van der Waals surface area contributed by atoms with E-state index in [1.54, 1.807) is 49.6 Å². The van der Waals surface area contributed by atoms with Crippen LogP contribution >= 0.6 is 0 Å². The van der Waals surface area contributed by atoms with Crippen molar-refractivity contribution in [2.24, 2.45) is 0 Å². The molecule has 1 heterocycles. The van der Waals surface area contributed by atoms with Crippen LogP contribution in [0.1, 0.15) is 18.9 Å². The van der Waals surface area contributed by atoms with Crippen LogP contribution in [-0.2, 0) is 14.3 Å². The molecule has 0 fully saturated rings. The van der Waals surface area contributed by atoms with Crippen molar-refractivity contribution in [2.75, 3.05) is 32.4 Å². The van der Waals surface area contributed by atoms with Crippen molar-refractivity contribution >= 4 is 23.6 Å². The smallest absolute Gasteiger partial charge is 0.331 e. The van der Waals surface area contributed by atoms with Crippen LogP contribution in [0.5, 0.6) is 23.0 Å². The second-order valence-corrected chi connectivity index (χ2v) is 6.32. The van der Waals surface area contributed by atoms with Gasteiger partial charge in [0, 0.05) is 17.8 Å². The van der Waals surface area contributed by atoms with Crippen molar-refractivity contribution in [3.63, 3.8) is 0 Å². The third-order valence-corrected chi connectivity index (χ3v) is 4.06. The molecule has 1 aliphatic rings. The first-order valence-electron chi connectivity index (χ1n) is 9.44. The number of ether oxygens (including phenoxy) is 5. The van der Waals surface area contributed by atoms with Gasteiger partial charge in [-0.2, -0.15) is 0 Å². The Labute approximate surface area is 174 Å². The minimum Gasteiger partial charge on any atom is -0.493 e. The summed E-state index contributed by atoms with van der Waals surface area (Å²) in [5.41, 5.74) is 1.26. The number of carbonyl (C=O) groups excluding carboxylic acids is 2. The SMILES string of the molecule is CCCOc1ccc(/C=C/C(=O)OCC(=O)Nc2ccc3c(c2)OCO3)cc1OC. The number of hydrogen-bond donors (Lipinski definition) is 1. The van der Waals surface area contributed by atoms with Gasteiger partial charge >= 0.3 is 5.97 Å². The van der Waals surface area contributed by atoms with Gasteiger partial charge in [0.05, 0.1) is 13.7 Å². The fraction of sp³-hybridized carbons (Fsp3) is 0.273. The van der Waals surface area contributed by atoms with Crippen LogP contribution in [0, 0.1) is 0 Å². The lowest BCUT2D eigenvalue weighted by atomic mass is 10.2. The summed E-state index contributed by atoms with van der Waals surface area (Å²) in [5.74, 6) is 1.28. The number of anilines is 1. The van der Waals surface area contributed by atoms with Crippen LogP contribution in [0.25, 0.3) is 6.08 Å². The second kappa shape index (κ2) is 10.2. The van der Waals surface area contributed by atoms with E-state index in [1.165, 1.54) is 6.08 Å². The number of amides is 1. The Morgan fingerprint density at radius 3 is 2.73 bits per heavy atom. The van der Waals surface area contributed by atoms with Crippen LogP contribution in [0.4, 0.5) is 5.69 Å². The Balaban J connectivity index is 1.49. The predicted octanol–water partition coefficient (Wildman–Crippen LogP) is 3.41. The molecule has 0 saturated carbocycles. The van der Waals surface area contributed by atoms with E-state index in [9.17, 15) is 9.59 Å². The molecule has 3 rings (SSSR count). The maximum absolute atomic E-state index is 12.0. The Hall–Kier alpha value is -3.68. The molecule has 0 radical (unpaired) electrons. The lowest BCUT2D eigenvalue weighted by molar-refractivity contribution is -0.142. The first-order chi connectivity index (χ1) is 14.6. The monoisotopic (exact) mass is 413 g/mol. The molecule has 0 bridgehead atoms. The van der Waals surface area contributed by atoms with Gasteiger partial charge in [-0.05, 0) is 42.3 Å². The third kappa shape index (κ3) is 5.66. The Kier molecular flexibility index (Phi) is 7.15. The molecule has 2 aromatic rings. The van der Waals surface area contributed by atoms with Crippen molar-refractivity contribution in [3.05, 3.63) is 48.0 Å². The van der Waals surface area contributed by atoms with E-state index in [2.05, 4.69) is 5.32 Å². The van der Waals surface area contributed by atoms with Gasteiger partial charge in [0.15, 0.2) is 29.6 Å². The highest BCUT2D eigenvalue weighted by molar-refractivity contribution is 5.94. The highest BCUT2D eigenvalue weighted by atomic mass is 16.7. The molecule has 1 aliphatic heterocycles. The molecular formula is C22H23NO7. The quantitative estimate of drug-likeness (QED) is 0.497. The number of methoxy groups -OCH3 is 1. The average molecular weight is 413 g/mol. The van der Waals surface area contributed by atoms with Crippen LogP contribution < -0.4 is 24.3 Å². The van der Waals surface area contributed by atoms with Gasteiger partial charge in [-0.15, -0.1) is 0 Å². The van der Waals surface area contributed by atoms with Gasteiger partial charge in [-0.3, -0.25) is 4.79 Å². The number of esters is 1. The van der Waals surface area contributed by atoms with E-state index in [4.69, 9.17) is 23.7 Å². The third-order valence-electron chi connectivity index (χ3n) is 4.06. The van der Waals surface area contributed by atoms with Gasteiger partial charge in [0.25, 0.3) is 5.91 Å². The van der Waals surface area contributed by atoms with Crippen molar-refractivity contribution in [1.29, 1.82) is 0 Å². The number of nitrogens with one attached hydrogen (secondary N) is 1. The summed E-state index contributed by atoms with van der Waals surface area (Å²) in [6, 6.07) is 10.3. The summed E-state index contributed by atoms with van der Waals surface area (Å²) in [6.07, 6.45) is 3.71. The molecule has 8 heteroatoms. The minimum atomic E-state index is -0.638. The van der Waals surface area contributed by atoms with E-state index in [-0.39, 0.29) is 6.79 Å². The van der Waals surface area contributed by atoms with Crippen molar-refractivity contribution in [3.8, 4) is 23.0 Å². The molecule has 0 spiro atoms. The number of hydrogen-bond acceptors (Lipinski definition) is 7. The molecule has 1 N–H and O–H groups in total. The van der Waals surface area contributed by atoms with Crippen LogP contribution in [0.15, 0.2) is 42.5 Å². The summed E-state index contributed by atoms with van der Waals surface area (Å²) in [5, 5.41) is 2.63. The van der Waals surface area contributed by atoms with Crippen LogP contribution in [-0.4, -0.2) is 39.0 Å². The predicted molar refractivity (Wildman–Crippen MR) is 110 cm³/mol. The fourth-order valence-electron chi connectivity index (χ4n) is 2.64. The molecule has 0 aliphatic carbocycles. The van der Waals surface area contributed by atoms with Crippen LogP contribution in [0.3, 0.4) is 0 Å². The number of rotatable bonds is 9. The summed E-state index contributed by atoms with van der Waals surface area (Å²) >= 11 is 0. The maximum Gasteiger partial charge on any atom is 0.331 e. The molecule has 8 nitrogen and oxygen atoms in total. The van der Waals surface area contributed by atoms with Gasteiger partial charge in [0.1, 0.15) is 0 Å². The van der Waals surface area contributed by atoms with Gasteiger partial charge in [-0.25, -0.2) is 4.79 Å². The Bertz CT molecular complexity index is 939. The lowest BCUT2D eigenvalue weighted by Crippen LogP contribution is -2.20. The van der Waals surface area contributed by atoms with E-state index in [0.717, 1.165) is 12.0 Å². The molecular weight excluding hydrogens is 390 g/mol. The van der Waals surface area contributed by atoms with E-state index in [1.807, 2.05) is 6.92 Å². The molecule has 158 valence electrons. The Morgan fingerprint density at radius 2 is 1.93 bits per heavy atom. The maximum atomic E-state index is 12.0. The summed E-state index contributed by atoms with van der Waals surface area (Å²) in [4.78, 5) is 23.9. The highest BCUT2D eigenvalue weighted by Gasteiger charge is 2.14. The highest BCUT2D eigenvalue weighted by Crippen LogP contribution is 2.34. The normalized spacial score (nSPS) is 11.9. The van der Waals surface area contributed by atoms with E-state index >= 15 is 0 Å². The molecule has 0 aromatic heterocycles. The average Bonchev–Trinajstić information content (AvgIpc) is 3.23. The van der Waals surface area contributed by atoms with E-state index < -0.39 is 18.5 Å². The largest absolute Gasteiger partial charge is 0.493 e. The summed E-state index contributed by atoms with van der Waals surface area (Å²) in [6.45, 7) is 2.35. The fourth-order valence-corrected chi connectivity index (χ4v) is 2.64.